The molecule has 3 atom stereocenters. The second-order valence-electron chi connectivity index (χ2n) is 10.7. The Hall–Kier alpha value is -4.91. The number of carbonyl (C=O) groups excluding carboxylic acids is 3. The monoisotopic (exact) mass is 560 g/mol. The number of esters is 1. The number of nitrogens with one attached hydrogen (secondary N) is 1. The second-order valence-corrected chi connectivity index (χ2v) is 10.7. The van der Waals surface area contributed by atoms with Gasteiger partial charge in [0, 0.05) is 12.3 Å². The molecule has 1 fully saturated rings. The molecule has 0 spiro atoms. The quantitative estimate of drug-likeness (QED) is 0.295. The standard InChI is InChI=1S/C35H32N2O5/c1-23(36-35(40)42-21-30-28-18-10-8-16-26(28)27-17-9-11-19-29(27)30)33(38)37-31(20-24-12-4-2-5-13-24)34(39)41-22-32(37)25-14-6-3-7-15-25/h2-19,23,30-32H,20-22H2,1H3,(H,36,40)/t23-,31-,32-/m0/s1. The van der Waals surface area contributed by atoms with E-state index in [1.807, 2.05) is 84.9 Å². The van der Waals surface area contributed by atoms with Crippen molar-refractivity contribution in [1.29, 1.82) is 0 Å². The average Bonchev–Trinajstić information content (AvgIpc) is 3.35. The SMILES string of the molecule is C[C@H](NC(=O)OCC1c2ccccc2-c2ccccc21)C(=O)N1[C@@H](Cc2ccccc2)C(=O)OC[C@H]1c1ccccc1. The van der Waals surface area contributed by atoms with E-state index in [0.29, 0.717) is 6.42 Å². The third-order valence-corrected chi connectivity index (χ3v) is 8.09. The van der Waals surface area contributed by atoms with Crippen LogP contribution in [0.2, 0.25) is 0 Å². The van der Waals surface area contributed by atoms with Gasteiger partial charge >= 0.3 is 12.1 Å². The van der Waals surface area contributed by atoms with E-state index in [2.05, 4.69) is 29.6 Å². The zero-order valence-corrected chi connectivity index (χ0v) is 23.3. The molecule has 0 unspecified atom stereocenters. The van der Waals surface area contributed by atoms with E-state index in [1.165, 1.54) is 0 Å². The second kappa shape index (κ2) is 11.9. The smallest absolute Gasteiger partial charge is 0.407 e. The Morgan fingerprint density at radius 2 is 1.43 bits per heavy atom. The third-order valence-electron chi connectivity index (χ3n) is 8.09. The number of cyclic esters (lactones) is 1. The van der Waals surface area contributed by atoms with E-state index >= 15 is 0 Å². The number of nitrogens with zero attached hydrogens (tertiary/aromatic N) is 1. The van der Waals surface area contributed by atoms with Gasteiger partial charge in [0.1, 0.15) is 25.3 Å². The summed E-state index contributed by atoms with van der Waals surface area (Å²) in [5.74, 6) is -0.939. The Kier molecular flexibility index (Phi) is 7.73. The lowest BCUT2D eigenvalue weighted by molar-refractivity contribution is -0.170. The van der Waals surface area contributed by atoms with Crippen molar-refractivity contribution in [3.63, 3.8) is 0 Å². The minimum atomic E-state index is -0.934. The van der Waals surface area contributed by atoms with E-state index in [-0.39, 0.29) is 25.0 Å². The fourth-order valence-electron chi connectivity index (χ4n) is 6.03. The molecule has 1 heterocycles. The molecule has 2 aliphatic rings. The molecule has 0 radical (unpaired) electrons. The first-order valence-corrected chi connectivity index (χ1v) is 14.2. The molecule has 1 saturated heterocycles. The number of morpholine rings is 1. The molecule has 4 aromatic rings. The zero-order chi connectivity index (χ0) is 29.1. The average molecular weight is 561 g/mol. The summed E-state index contributed by atoms with van der Waals surface area (Å²) in [4.78, 5) is 41.6. The molecule has 0 aromatic heterocycles. The number of ether oxygens (including phenoxy) is 2. The summed E-state index contributed by atoms with van der Waals surface area (Å²) in [5, 5.41) is 2.72. The van der Waals surface area contributed by atoms with Crippen LogP contribution in [0.25, 0.3) is 11.1 Å². The molecule has 7 nitrogen and oxygen atoms in total. The van der Waals surface area contributed by atoms with Gasteiger partial charge in [-0.25, -0.2) is 9.59 Å². The van der Waals surface area contributed by atoms with Gasteiger partial charge < -0.3 is 19.7 Å². The number of hydrogen-bond donors (Lipinski definition) is 1. The van der Waals surface area contributed by atoms with Crippen LogP contribution in [0.15, 0.2) is 109 Å². The minimum absolute atomic E-state index is 0.0392. The van der Waals surface area contributed by atoms with E-state index < -0.39 is 30.2 Å². The summed E-state index contributed by atoms with van der Waals surface area (Å²) in [6.07, 6.45) is -0.389. The van der Waals surface area contributed by atoms with Gasteiger partial charge in [-0.05, 0) is 40.3 Å². The lowest BCUT2D eigenvalue weighted by atomic mass is 9.96. The summed E-state index contributed by atoms with van der Waals surface area (Å²) >= 11 is 0. The Balaban J connectivity index is 1.19. The van der Waals surface area contributed by atoms with Gasteiger partial charge in [-0.2, -0.15) is 0 Å². The highest BCUT2D eigenvalue weighted by atomic mass is 16.5. The van der Waals surface area contributed by atoms with Crippen LogP contribution in [0, 0.1) is 0 Å². The number of alkyl carbamates (subject to hydrolysis) is 1. The first kappa shape index (κ1) is 27.3. The fourth-order valence-corrected chi connectivity index (χ4v) is 6.03. The van der Waals surface area contributed by atoms with E-state index in [9.17, 15) is 14.4 Å². The van der Waals surface area contributed by atoms with Crippen LogP contribution in [-0.4, -0.2) is 48.2 Å². The van der Waals surface area contributed by atoms with E-state index in [4.69, 9.17) is 9.47 Å². The van der Waals surface area contributed by atoms with Crippen molar-refractivity contribution in [3.05, 3.63) is 131 Å². The van der Waals surface area contributed by atoms with Gasteiger partial charge in [0.2, 0.25) is 5.91 Å². The molecule has 4 aromatic carbocycles. The number of fused-ring (bicyclic) bond motifs is 3. The highest BCUT2D eigenvalue weighted by Crippen LogP contribution is 2.44. The Morgan fingerprint density at radius 3 is 2.07 bits per heavy atom. The van der Waals surface area contributed by atoms with Gasteiger partial charge in [-0.15, -0.1) is 0 Å². The number of rotatable bonds is 7. The van der Waals surface area contributed by atoms with Crippen molar-refractivity contribution >= 4 is 18.0 Å². The van der Waals surface area contributed by atoms with E-state index in [1.54, 1.807) is 11.8 Å². The lowest BCUT2D eigenvalue weighted by Crippen LogP contribution is -2.58. The van der Waals surface area contributed by atoms with Crippen LogP contribution in [0.4, 0.5) is 4.79 Å². The van der Waals surface area contributed by atoms with Gasteiger partial charge in [0.05, 0.1) is 6.04 Å². The number of carbonyl (C=O) groups is 3. The maximum absolute atomic E-state index is 14.0. The van der Waals surface area contributed by atoms with Crippen molar-refractivity contribution in [2.75, 3.05) is 13.2 Å². The molecule has 6 rings (SSSR count). The van der Waals surface area contributed by atoms with Gasteiger partial charge in [0.25, 0.3) is 0 Å². The van der Waals surface area contributed by atoms with Crippen LogP contribution < -0.4 is 5.32 Å². The maximum atomic E-state index is 14.0. The van der Waals surface area contributed by atoms with Crippen LogP contribution in [0.3, 0.4) is 0 Å². The van der Waals surface area contributed by atoms with Gasteiger partial charge in [-0.3, -0.25) is 4.79 Å². The largest absolute Gasteiger partial charge is 0.462 e. The molecule has 0 saturated carbocycles. The summed E-state index contributed by atoms with van der Waals surface area (Å²) < 4.78 is 11.3. The Labute approximate surface area is 245 Å². The highest BCUT2D eigenvalue weighted by molar-refractivity contribution is 5.91. The molecule has 1 aliphatic heterocycles. The molecule has 7 heteroatoms. The number of hydrogen-bond acceptors (Lipinski definition) is 5. The summed E-state index contributed by atoms with van der Waals surface area (Å²) in [7, 11) is 0. The minimum Gasteiger partial charge on any atom is -0.462 e. The number of benzene rings is 4. The van der Waals surface area contributed by atoms with Crippen molar-refractivity contribution in [1.82, 2.24) is 10.2 Å². The predicted molar refractivity (Wildman–Crippen MR) is 159 cm³/mol. The first-order chi connectivity index (χ1) is 20.5. The van der Waals surface area contributed by atoms with Crippen molar-refractivity contribution in [3.8, 4) is 11.1 Å². The predicted octanol–water partition coefficient (Wildman–Crippen LogP) is 5.65. The summed E-state index contributed by atoms with van der Waals surface area (Å²) in [6.45, 7) is 1.79. The molecule has 0 bridgehead atoms. The summed E-state index contributed by atoms with van der Waals surface area (Å²) in [6, 6.07) is 33.0. The fraction of sp³-hybridized carbons (Fsp3) is 0.229. The van der Waals surface area contributed by atoms with Crippen LogP contribution in [-0.2, 0) is 25.5 Å². The van der Waals surface area contributed by atoms with Crippen molar-refractivity contribution in [2.45, 2.75) is 37.4 Å². The molecular formula is C35H32N2O5. The topological polar surface area (TPSA) is 84.9 Å². The van der Waals surface area contributed by atoms with Crippen LogP contribution in [0.5, 0.6) is 0 Å². The van der Waals surface area contributed by atoms with Crippen LogP contribution in [0.1, 0.15) is 41.1 Å². The molecule has 212 valence electrons. The number of amides is 2. The Bertz CT molecular complexity index is 1540. The van der Waals surface area contributed by atoms with E-state index in [0.717, 1.165) is 33.4 Å². The van der Waals surface area contributed by atoms with Crippen molar-refractivity contribution in [2.24, 2.45) is 0 Å². The molecule has 1 aliphatic carbocycles. The Morgan fingerprint density at radius 1 is 0.857 bits per heavy atom. The molecular weight excluding hydrogens is 528 g/mol. The van der Waals surface area contributed by atoms with Gasteiger partial charge in [-0.1, -0.05) is 109 Å². The lowest BCUT2D eigenvalue weighted by Gasteiger charge is -2.42. The normalized spacial score (nSPS) is 18.4. The third kappa shape index (κ3) is 5.38. The van der Waals surface area contributed by atoms with Crippen molar-refractivity contribution < 1.29 is 23.9 Å². The molecule has 1 N–H and O–H groups in total. The highest BCUT2D eigenvalue weighted by Gasteiger charge is 2.43. The van der Waals surface area contributed by atoms with Crippen LogP contribution >= 0.6 is 0 Å². The first-order valence-electron chi connectivity index (χ1n) is 14.2. The molecule has 42 heavy (non-hydrogen) atoms. The zero-order valence-electron chi connectivity index (χ0n) is 23.3. The molecule has 2 amide bonds. The summed E-state index contributed by atoms with van der Waals surface area (Å²) in [5.41, 5.74) is 6.25. The van der Waals surface area contributed by atoms with Gasteiger partial charge in [0.15, 0.2) is 0 Å². The maximum Gasteiger partial charge on any atom is 0.407 e.